The van der Waals surface area contributed by atoms with Crippen molar-refractivity contribution in [1.29, 1.82) is 0 Å². The minimum atomic E-state index is -0.410. The minimum Gasteiger partial charge on any atom is -0.338 e. The van der Waals surface area contributed by atoms with Crippen molar-refractivity contribution in [3.63, 3.8) is 0 Å². The Morgan fingerprint density at radius 3 is 2.46 bits per heavy atom. The second-order valence-corrected chi connectivity index (χ2v) is 8.90. The van der Waals surface area contributed by atoms with Gasteiger partial charge in [-0.1, -0.05) is 29.8 Å². The van der Waals surface area contributed by atoms with Crippen LogP contribution in [0.3, 0.4) is 0 Å². The molecule has 0 N–H and O–H groups in total. The van der Waals surface area contributed by atoms with E-state index in [0.717, 1.165) is 5.75 Å². The third-order valence-electron chi connectivity index (χ3n) is 5.43. The molecule has 146 valence electrons. The fourth-order valence-electron chi connectivity index (χ4n) is 3.95. The molecule has 2 saturated heterocycles. The fourth-order valence-corrected chi connectivity index (χ4v) is 5.62. The maximum Gasteiger partial charge on any atom is 0.255 e. The number of hydrogen-bond donors (Lipinski definition) is 0. The average Bonchev–Trinajstić information content (AvgIpc) is 3.11. The fraction of sp³-hybridized carbons (Fsp3) is 0.333. The maximum atomic E-state index is 13.6. The van der Waals surface area contributed by atoms with Gasteiger partial charge < -0.3 is 9.80 Å². The van der Waals surface area contributed by atoms with Crippen molar-refractivity contribution in [2.75, 3.05) is 25.4 Å². The summed E-state index contributed by atoms with van der Waals surface area (Å²) in [7, 11) is 0. The number of hydrogen-bond acceptors (Lipinski definition) is 3. The van der Waals surface area contributed by atoms with E-state index in [2.05, 4.69) is 0 Å². The summed E-state index contributed by atoms with van der Waals surface area (Å²) >= 11 is 7.93. The summed E-state index contributed by atoms with van der Waals surface area (Å²) in [6.45, 7) is 1.76. The lowest BCUT2D eigenvalue weighted by Crippen LogP contribution is -2.53. The highest BCUT2D eigenvalue weighted by molar-refractivity contribution is 8.00. The number of piperidine rings is 1. The summed E-state index contributed by atoms with van der Waals surface area (Å²) < 4.78 is 13.6. The molecule has 0 aliphatic carbocycles. The molecule has 0 radical (unpaired) electrons. The standard InChI is InChI=1S/C21H20ClFN2O2S/c22-18-7-2-1-6-17(18)20(27)24-10-8-21(9-11-24)25(12-13-28-21)19(26)15-4-3-5-16(23)14-15/h1-7,14H,8-13H2. The highest BCUT2D eigenvalue weighted by Gasteiger charge is 2.47. The second kappa shape index (κ2) is 7.76. The molecule has 2 heterocycles. The Bertz CT molecular complexity index is 915. The minimum absolute atomic E-state index is 0.0774. The van der Waals surface area contributed by atoms with Crippen LogP contribution in [0.4, 0.5) is 4.39 Å². The van der Waals surface area contributed by atoms with Crippen LogP contribution in [-0.2, 0) is 0 Å². The average molecular weight is 419 g/mol. The van der Waals surface area contributed by atoms with Gasteiger partial charge in [0, 0.05) is 31.0 Å². The summed E-state index contributed by atoms with van der Waals surface area (Å²) in [5.74, 6) is 0.216. The van der Waals surface area contributed by atoms with Gasteiger partial charge in [-0.25, -0.2) is 4.39 Å². The van der Waals surface area contributed by atoms with E-state index in [4.69, 9.17) is 11.6 Å². The maximum absolute atomic E-state index is 13.6. The third kappa shape index (κ3) is 3.51. The lowest BCUT2D eigenvalue weighted by atomic mass is 10.00. The largest absolute Gasteiger partial charge is 0.338 e. The van der Waals surface area contributed by atoms with Crippen LogP contribution in [0, 0.1) is 5.82 Å². The highest BCUT2D eigenvalue weighted by Crippen LogP contribution is 2.44. The van der Waals surface area contributed by atoms with Crippen LogP contribution < -0.4 is 0 Å². The first kappa shape index (κ1) is 19.3. The van der Waals surface area contributed by atoms with Gasteiger partial charge in [-0.15, -0.1) is 11.8 Å². The van der Waals surface area contributed by atoms with Gasteiger partial charge in [-0.2, -0.15) is 0 Å². The lowest BCUT2D eigenvalue weighted by Gasteiger charge is -2.44. The van der Waals surface area contributed by atoms with E-state index in [-0.39, 0.29) is 16.7 Å². The Labute approximate surface area is 172 Å². The molecular formula is C21H20ClFN2O2S. The van der Waals surface area contributed by atoms with Crippen LogP contribution in [0.1, 0.15) is 33.6 Å². The molecule has 0 atom stereocenters. The lowest BCUT2D eigenvalue weighted by molar-refractivity contribution is 0.0497. The van der Waals surface area contributed by atoms with Crippen LogP contribution in [0.15, 0.2) is 48.5 Å². The zero-order chi connectivity index (χ0) is 19.7. The van der Waals surface area contributed by atoms with E-state index < -0.39 is 5.82 Å². The van der Waals surface area contributed by atoms with Crippen molar-refractivity contribution in [1.82, 2.24) is 9.80 Å². The second-order valence-electron chi connectivity index (χ2n) is 7.03. The van der Waals surface area contributed by atoms with Crippen LogP contribution in [0.25, 0.3) is 0 Å². The van der Waals surface area contributed by atoms with Crippen molar-refractivity contribution in [3.05, 3.63) is 70.5 Å². The molecule has 0 bridgehead atoms. The van der Waals surface area contributed by atoms with Gasteiger partial charge in [0.05, 0.1) is 15.5 Å². The van der Waals surface area contributed by atoms with Gasteiger partial charge in [0.2, 0.25) is 0 Å². The molecule has 0 saturated carbocycles. The molecule has 2 amide bonds. The number of benzene rings is 2. The van der Waals surface area contributed by atoms with Crippen LogP contribution in [0.2, 0.25) is 5.02 Å². The monoisotopic (exact) mass is 418 g/mol. The third-order valence-corrected chi connectivity index (χ3v) is 7.31. The van der Waals surface area contributed by atoms with E-state index in [1.807, 2.05) is 4.90 Å². The zero-order valence-corrected chi connectivity index (χ0v) is 16.8. The van der Waals surface area contributed by atoms with Gasteiger partial charge in [0.1, 0.15) is 5.82 Å². The first-order chi connectivity index (χ1) is 13.5. The summed E-state index contributed by atoms with van der Waals surface area (Å²) in [6, 6.07) is 12.9. The number of nitrogens with zero attached hydrogens (tertiary/aromatic N) is 2. The summed E-state index contributed by atoms with van der Waals surface area (Å²) in [5.41, 5.74) is 0.878. The van der Waals surface area contributed by atoms with E-state index in [0.29, 0.717) is 48.6 Å². The Morgan fingerprint density at radius 1 is 1.00 bits per heavy atom. The highest BCUT2D eigenvalue weighted by atomic mass is 35.5. The summed E-state index contributed by atoms with van der Waals surface area (Å²) in [4.78, 5) is 29.1. The Kier molecular flexibility index (Phi) is 5.34. The molecular weight excluding hydrogens is 399 g/mol. The molecule has 7 heteroatoms. The van der Waals surface area contributed by atoms with Crippen molar-refractivity contribution < 1.29 is 14.0 Å². The number of likely N-dealkylation sites (tertiary alicyclic amines) is 1. The number of halogens is 2. The van der Waals surface area contributed by atoms with Gasteiger partial charge in [-0.05, 0) is 43.2 Å². The van der Waals surface area contributed by atoms with Crippen molar-refractivity contribution in [2.24, 2.45) is 0 Å². The number of amides is 2. The number of carbonyl (C=O) groups is 2. The van der Waals surface area contributed by atoms with E-state index in [1.54, 1.807) is 53.1 Å². The molecule has 0 aromatic heterocycles. The van der Waals surface area contributed by atoms with E-state index in [1.165, 1.54) is 12.1 Å². The van der Waals surface area contributed by atoms with Crippen LogP contribution in [-0.4, -0.2) is 51.9 Å². The Morgan fingerprint density at radius 2 is 1.75 bits per heavy atom. The normalized spacial score (nSPS) is 18.5. The number of carbonyl (C=O) groups excluding carboxylic acids is 2. The van der Waals surface area contributed by atoms with Gasteiger partial charge in [0.15, 0.2) is 0 Å². The first-order valence-electron chi connectivity index (χ1n) is 9.25. The zero-order valence-electron chi connectivity index (χ0n) is 15.2. The Hall–Kier alpha value is -2.05. The molecule has 28 heavy (non-hydrogen) atoms. The quantitative estimate of drug-likeness (QED) is 0.730. The molecule has 2 fully saturated rings. The topological polar surface area (TPSA) is 40.6 Å². The molecule has 2 aromatic carbocycles. The van der Waals surface area contributed by atoms with Crippen molar-refractivity contribution >= 4 is 35.2 Å². The summed E-state index contributed by atoms with van der Waals surface area (Å²) in [6.07, 6.45) is 1.38. The number of thioether (sulfide) groups is 1. The van der Waals surface area contributed by atoms with Crippen LogP contribution >= 0.6 is 23.4 Å². The van der Waals surface area contributed by atoms with Gasteiger partial charge in [0.25, 0.3) is 11.8 Å². The first-order valence-corrected chi connectivity index (χ1v) is 10.6. The van der Waals surface area contributed by atoms with Crippen molar-refractivity contribution in [2.45, 2.75) is 17.7 Å². The van der Waals surface area contributed by atoms with Gasteiger partial charge >= 0.3 is 0 Å². The predicted molar refractivity (Wildman–Crippen MR) is 109 cm³/mol. The SMILES string of the molecule is O=C(c1ccccc1Cl)N1CCC2(CC1)SCCN2C(=O)c1cccc(F)c1. The molecule has 4 rings (SSSR count). The molecule has 2 aliphatic rings. The molecule has 0 unspecified atom stereocenters. The Balaban J connectivity index is 1.49. The molecule has 2 aliphatic heterocycles. The molecule has 4 nitrogen and oxygen atoms in total. The van der Waals surface area contributed by atoms with Crippen LogP contribution in [0.5, 0.6) is 0 Å². The number of rotatable bonds is 2. The van der Waals surface area contributed by atoms with E-state index in [9.17, 15) is 14.0 Å². The predicted octanol–water partition coefficient (Wildman–Crippen LogP) is 4.30. The van der Waals surface area contributed by atoms with Gasteiger partial charge in [-0.3, -0.25) is 9.59 Å². The van der Waals surface area contributed by atoms with Crippen molar-refractivity contribution in [3.8, 4) is 0 Å². The molecule has 1 spiro atoms. The summed E-state index contributed by atoms with van der Waals surface area (Å²) in [5, 5.41) is 0.450. The smallest absolute Gasteiger partial charge is 0.255 e. The molecule has 2 aromatic rings. The van der Waals surface area contributed by atoms with E-state index >= 15 is 0 Å².